The van der Waals surface area contributed by atoms with Crippen LogP contribution in [-0.4, -0.2) is 53.5 Å². The van der Waals surface area contributed by atoms with E-state index in [2.05, 4.69) is 17.1 Å². The van der Waals surface area contributed by atoms with Crippen molar-refractivity contribution in [1.82, 2.24) is 10.2 Å². The summed E-state index contributed by atoms with van der Waals surface area (Å²) in [6.07, 6.45) is 5.20. The van der Waals surface area contributed by atoms with E-state index >= 15 is 0 Å². The van der Waals surface area contributed by atoms with Gasteiger partial charge in [0.2, 0.25) is 0 Å². The topological polar surface area (TPSA) is 61.8 Å². The smallest absolute Gasteiger partial charge is 0.407 e. The van der Waals surface area contributed by atoms with Crippen LogP contribution in [0.15, 0.2) is 0 Å². The number of hydrogen-bond donors (Lipinski definition) is 2. The molecular formula is C18H34N2O3. The van der Waals surface area contributed by atoms with E-state index in [4.69, 9.17) is 9.84 Å². The number of aliphatic hydroxyl groups excluding tert-OH is 1. The van der Waals surface area contributed by atoms with E-state index in [-0.39, 0.29) is 18.7 Å². The Morgan fingerprint density at radius 1 is 1.35 bits per heavy atom. The summed E-state index contributed by atoms with van der Waals surface area (Å²) in [5.41, 5.74) is -0.462. The molecule has 2 aliphatic rings. The van der Waals surface area contributed by atoms with Gasteiger partial charge in [0.05, 0.1) is 0 Å². The minimum Gasteiger partial charge on any atom is -0.444 e. The van der Waals surface area contributed by atoms with Gasteiger partial charge in [-0.3, -0.25) is 4.90 Å². The summed E-state index contributed by atoms with van der Waals surface area (Å²) in [6.45, 7) is 10.2. The van der Waals surface area contributed by atoms with Crippen molar-refractivity contribution in [3.8, 4) is 0 Å². The Balaban J connectivity index is 1.92. The fraction of sp³-hybridized carbons (Fsp3) is 0.944. The zero-order valence-corrected chi connectivity index (χ0v) is 15.2. The van der Waals surface area contributed by atoms with Gasteiger partial charge in [0.15, 0.2) is 0 Å². The number of rotatable bonds is 6. The van der Waals surface area contributed by atoms with Crippen LogP contribution < -0.4 is 5.32 Å². The third-order valence-corrected chi connectivity index (χ3v) is 4.94. The standard InChI is InChI=1S/C18H34N2O3/c1-13(15-7-8-15)20-11-14(6-5-9-21)10-16(12-20)19-17(22)23-18(2,3)4/h13-16,21H,5-12H2,1-4H3,(H,19,22). The molecule has 1 saturated carbocycles. The predicted octanol–water partition coefficient (Wildman–Crippen LogP) is 2.77. The largest absolute Gasteiger partial charge is 0.444 e. The van der Waals surface area contributed by atoms with Crippen LogP contribution in [0.3, 0.4) is 0 Å². The van der Waals surface area contributed by atoms with Gasteiger partial charge < -0.3 is 15.2 Å². The van der Waals surface area contributed by atoms with E-state index in [0.29, 0.717) is 12.0 Å². The molecule has 0 spiro atoms. The first-order valence-electron chi connectivity index (χ1n) is 9.13. The van der Waals surface area contributed by atoms with Crippen molar-refractivity contribution in [1.29, 1.82) is 0 Å². The third kappa shape index (κ3) is 6.30. The van der Waals surface area contributed by atoms with Crippen molar-refractivity contribution in [3.05, 3.63) is 0 Å². The van der Waals surface area contributed by atoms with Crippen LogP contribution in [0, 0.1) is 11.8 Å². The van der Waals surface area contributed by atoms with Crippen molar-refractivity contribution in [2.45, 2.75) is 77.5 Å². The molecule has 1 amide bonds. The minimum atomic E-state index is -0.462. The van der Waals surface area contributed by atoms with Gasteiger partial charge in [0.1, 0.15) is 5.60 Å². The Morgan fingerprint density at radius 2 is 2.04 bits per heavy atom. The highest BCUT2D eigenvalue weighted by Crippen LogP contribution is 2.37. The quantitative estimate of drug-likeness (QED) is 0.788. The number of amides is 1. The summed E-state index contributed by atoms with van der Waals surface area (Å²) < 4.78 is 5.40. The molecule has 3 unspecified atom stereocenters. The van der Waals surface area contributed by atoms with E-state index in [1.165, 1.54) is 12.8 Å². The molecule has 2 N–H and O–H groups in total. The van der Waals surface area contributed by atoms with E-state index < -0.39 is 5.60 Å². The first kappa shape index (κ1) is 18.5. The summed E-state index contributed by atoms with van der Waals surface area (Å²) in [5, 5.41) is 12.2. The van der Waals surface area contributed by atoms with Crippen molar-refractivity contribution in [3.63, 3.8) is 0 Å². The van der Waals surface area contributed by atoms with Crippen LogP contribution >= 0.6 is 0 Å². The second-order valence-corrected chi connectivity index (χ2v) is 8.34. The minimum absolute atomic E-state index is 0.142. The number of carbonyl (C=O) groups is 1. The second kappa shape index (κ2) is 7.84. The summed E-state index contributed by atoms with van der Waals surface area (Å²) in [5.74, 6) is 1.37. The Labute approximate surface area is 140 Å². The zero-order chi connectivity index (χ0) is 17.0. The maximum Gasteiger partial charge on any atom is 0.407 e. The number of alkyl carbamates (subject to hydrolysis) is 1. The average molecular weight is 326 g/mol. The molecule has 134 valence electrons. The van der Waals surface area contributed by atoms with Crippen LogP contribution in [0.1, 0.15) is 59.8 Å². The SMILES string of the molecule is CC(C1CC1)N1CC(CCCO)CC(NC(=O)OC(C)(C)C)C1. The molecule has 23 heavy (non-hydrogen) atoms. The highest BCUT2D eigenvalue weighted by Gasteiger charge is 2.37. The highest BCUT2D eigenvalue weighted by atomic mass is 16.6. The van der Waals surface area contributed by atoms with Crippen LogP contribution in [0.4, 0.5) is 4.79 Å². The fourth-order valence-electron chi connectivity index (χ4n) is 3.62. The molecule has 0 radical (unpaired) electrons. The van der Waals surface area contributed by atoms with Crippen LogP contribution in [-0.2, 0) is 4.74 Å². The number of nitrogens with one attached hydrogen (secondary N) is 1. The summed E-state index contributed by atoms with van der Waals surface area (Å²) in [7, 11) is 0. The highest BCUT2D eigenvalue weighted by molar-refractivity contribution is 5.68. The number of hydrogen-bond acceptors (Lipinski definition) is 4. The molecule has 1 saturated heterocycles. The number of piperidine rings is 1. The van der Waals surface area contributed by atoms with Gasteiger partial charge in [-0.1, -0.05) is 0 Å². The lowest BCUT2D eigenvalue weighted by atomic mass is 9.89. The Morgan fingerprint density at radius 3 is 2.61 bits per heavy atom. The second-order valence-electron chi connectivity index (χ2n) is 8.34. The normalized spacial score (nSPS) is 27.5. The first-order chi connectivity index (χ1) is 10.8. The molecule has 1 heterocycles. The number of nitrogens with zero attached hydrogens (tertiary/aromatic N) is 1. The van der Waals surface area contributed by atoms with Crippen molar-refractivity contribution >= 4 is 6.09 Å². The molecule has 0 aromatic heterocycles. The number of aliphatic hydroxyl groups is 1. The molecule has 3 atom stereocenters. The average Bonchev–Trinajstić information content (AvgIpc) is 3.26. The monoisotopic (exact) mass is 326 g/mol. The third-order valence-electron chi connectivity index (χ3n) is 4.94. The summed E-state index contributed by atoms with van der Waals surface area (Å²) in [6, 6.07) is 0.735. The van der Waals surface area contributed by atoms with Gasteiger partial charge in [0.25, 0.3) is 0 Å². The lowest BCUT2D eigenvalue weighted by molar-refractivity contribution is 0.0400. The van der Waals surface area contributed by atoms with Crippen molar-refractivity contribution in [2.75, 3.05) is 19.7 Å². The zero-order valence-electron chi connectivity index (χ0n) is 15.2. The number of carbonyl (C=O) groups excluding carboxylic acids is 1. The molecule has 1 aliphatic heterocycles. The summed E-state index contributed by atoms with van der Waals surface area (Å²) >= 11 is 0. The van der Waals surface area contributed by atoms with Crippen LogP contribution in [0.25, 0.3) is 0 Å². The Kier molecular flexibility index (Phi) is 6.32. The lowest BCUT2D eigenvalue weighted by Gasteiger charge is -2.41. The lowest BCUT2D eigenvalue weighted by Crippen LogP contribution is -2.54. The molecule has 2 rings (SSSR count). The van der Waals surface area contributed by atoms with E-state index in [9.17, 15) is 4.79 Å². The van der Waals surface area contributed by atoms with Gasteiger partial charge in [-0.2, -0.15) is 0 Å². The molecule has 0 bridgehead atoms. The van der Waals surface area contributed by atoms with Gasteiger partial charge in [-0.15, -0.1) is 0 Å². The predicted molar refractivity (Wildman–Crippen MR) is 91.3 cm³/mol. The maximum absolute atomic E-state index is 12.1. The van der Waals surface area contributed by atoms with Crippen LogP contribution in [0.5, 0.6) is 0 Å². The Bertz CT molecular complexity index is 390. The van der Waals surface area contributed by atoms with Gasteiger partial charge in [-0.05, 0) is 71.6 Å². The molecule has 2 fully saturated rings. The maximum atomic E-state index is 12.1. The Hall–Kier alpha value is -0.810. The first-order valence-corrected chi connectivity index (χ1v) is 9.13. The van der Waals surface area contributed by atoms with Gasteiger partial charge in [-0.25, -0.2) is 4.79 Å². The van der Waals surface area contributed by atoms with E-state index in [1.807, 2.05) is 20.8 Å². The molecule has 0 aromatic carbocycles. The van der Waals surface area contributed by atoms with Crippen molar-refractivity contribution < 1.29 is 14.6 Å². The molecule has 1 aliphatic carbocycles. The molecular weight excluding hydrogens is 292 g/mol. The number of ether oxygens (including phenoxy) is 1. The number of likely N-dealkylation sites (tertiary alicyclic amines) is 1. The van der Waals surface area contributed by atoms with E-state index in [0.717, 1.165) is 38.3 Å². The van der Waals surface area contributed by atoms with Gasteiger partial charge >= 0.3 is 6.09 Å². The molecule has 0 aromatic rings. The molecule has 5 heteroatoms. The molecule has 5 nitrogen and oxygen atoms in total. The van der Waals surface area contributed by atoms with Crippen LogP contribution in [0.2, 0.25) is 0 Å². The van der Waals surface area contributed by atoms with Crippen molar-refractivity contribution in [2.24, 2.45) is 11.8 Å². The summed E-state index contributed by atoms with van der Waals surface area (Å²) in [4.78, 5) is 14.6. The van der Waals surface area contributed by atoms with Gasteiger partial charge in [0, 0.05) is 31.8 Å². The van der Waals surface area contributed by atoms with E-state index in [1.54, 1.807) is 0 Å². The fourth-order valence-corrected chi connectivity index (χ4v) is 3.62.